The molecule has 0 aliphatic carbocycles. The van der Waals surface area contributed by atoms with Crippen molar-refractivity contribution in [3.63, 3.8) is 0 Å². The average molecular weight is 240 g/mol. The summed E-state index contributed by atoms with van der Waals surface area (Å²) in [5.74, 6) is 0. The Balaban J connectivity index is 0.000000280. The molecule has 0 amide bonds. The number of allylic oxidation sites excluding steroid dienone is 1. The second-order valence-electron chi connectivity index (χ2n) is 3.39. The molecule has 2 rings (SSSR count). The molecule has 2 aromatic carbocycles. The van der Waals surface area contributed by atoms with Crippen molar-refractivity contribution >= 4 is 0 Å². The van der Waals surface area contributed by atoms with Crippen molar-refractivity contribution in [3.05, 3.63) is 72.3 Å². The van der Waals surface area contributed by atoms with E-state index in [2.05, 4.69) is 30.8 Å². The zero-order valence-electron chi connectivity index (χ0n) is 8.96. The van der Waals surface area contributed by atoms with Gasteiger partial charge in [0, 0.05) is 0 Å². The second kappa shape index (κ2) is 8.28. The van der Waals surface area contributed by atoms with Gasteiger partial charge in [-0.1, -0.05) is 12.0 Å². The van der Waals surface area contributed by atoms with E-state index < -0.39 is 0 Å². The van der Waals surface area contributed by atoms with Crippen molar-refractivity contribution in [1.29, 1.82) is 0 Å². The molecule has 0 radical (unpaired) electrons. The third kappa shape index (κ3) is 6.96. The fraction of sp³-hybridized carbons (Fsp3) is 0.143. The van der Waals surface area contributed by atoms with Gasteiger partial charge in [-0.15, -0.1) is 6.58 Å². The summed E-state index contributed by atoms with van der Waals surface area (Å²) in [7, 11) is 0. The number of hydrogen-bond donors (Lipinski definition) is 0. The third-order valence-corrected chi connectivity index (χ3v) is 1.79. The number of hydrogen-bond acceptors (Lipinski definition) is 0. The first kappa shape index (κ1) is 14.0. The van der Waals surface area contributed by atoms with Gasteiger partial charge in [0.25, 0.3) is 0 Å². The fourth-order valence-electron chi connectivity index (χ4n) is 1.20. The molecule has 0 bridgehead atoms. The maximum Gasteiger partial charge on any atom is 2.00 e. The molecule has 0 aliphatic heterocycles. The molecule has 0 aromatic heterocycles. The summed E-state index contributed by atoms with van der Waals surface area (Å²) < 4.78 is 0. The molecular formula is C14H16Fe. The molecule has 0 heterocycles. The van der Waals surface area contributed by atoms with Crippen LogP contribution in [0, 0.1) is 0 Å². The molecule has 1 heteroatoms. The number of rotatable bonds is 2. The van der Waals surface area contributed by atoms with Crippen molar-refractivity contribution in [2.45, 2.75) is 13.3 Å². The topological polar surface area (TPSA) is 0 Å². The van der Waals surface area contributed by atoms with Gasteiger partial charge in [0.1, 0.15) is 0 Å². The van der Waals surface area contributed by atoms with Crippen molar-refractivity contribution in [3.8, 4) is 0 Å². The van der Waals surface area contributed by atoms with E-state index in [1.54, 1.807) is 0 Å². The van der Waals surface area contributed by atoms with Crippen LogP contribution in [0.3, 0.4) is 0 Å². The van der Waals surface area contributed by atoms with Gasteiger partial charge < -0.3 is 0 Å². The van der Waals surface area contributed by atoms with Crippen molar-refractivity contribution in [2.75, 3.05) is 0 Å². The van der Waals surface area contributed by atoms with Gasteiger partial charge in [-0.2, -0.15) is 35.9 Å². The third-order valence-electron chi connectivity index (χ3n) is 1.79. The minimum atomic E-state index is 0. The maximum atomic E-state index is 3.83. The van der Waals surface area contributed by atoms with Gasteiger partial charge >= 0.3 is 17.1 Å². The van der Waals surface area contributed by atoms with E-state index in [1.165, 1.54) is 11.1 Å². The molecule has 0 aliphatic rings. The summed E-state index contributed by atoms with van der Waals surface area (Å²) in [5, 5.41) is 0. The molecule has 80 valence electrons. The first-order valence-corrected chi connectivity index (χ1v) is 4.80. The standard InChI is InChI=1S/C9H11.C5H5.Fe/c1-8(2)7-9-5-3-4-6-9;1-2-4-5-3-1;/h3-6H,1,7H2,2H3;1-5H;/q2*-1;+2. The van der Waals surface area contributed by atoms with Gasteiger partial charge in [0.15, 0.2) is 0 Å². The maximum absolute atomic E-state index is 3.83. The van der Waals surface area contributed by atoms with E-state index in [9.17, 15) is 0 Å². The predicted molar refractivity (Wildman–Crippen MR) is 62.6 cm³/mol. The van der Waals surface area contributed by atoms with E-state index in [4.69, 9.17) is 0 Å². The SMILES string of the molecule is C=C(C)C[c-]1cccc1.[Fe+2].c1cc[cH-]c1. The minimum Gasteiger partial charge on any atom is -0.214 e. The monoisotopic (exact) mass is 240 g/mol. The van der Waals surface area contributed by atoms with E-state index in [0.29, 0.717) is 0 Å². The predicted octanol–water partition coefficient (Wildman–Crippen LogP) is 3.93. The molecule has 0 nitrogen and oxygen atoms in total. The van der Waals surface area contributed by atoms with Crippen LogP contribution in [0.4, 0.5) is 0 Å². The smallest absolute Gasteiger partial charge is 0.214 e. The van der Waals surface area contributed by atoms with Crippen LogP contribution >= 0.6 is 0 Å². The Morgan fingerprint density at radius 3 is 2.00 bits per heavy atom. The molecular weight excluding hydrogens is 224 g/mol. The summed E-state index contributed by atoms with van der Waals surface area (Å²) in [6.07, 6.45) is 1.02. The van der Waals surface area contributed by atoms with Gasteiger partial charge in [-0.25, -0.2) is 24.3 Å². The quantitative estimate of drug-likeness (QED) is 0.424. The van der Waals surface area contributed by atoms with Crippen molar-refractivity contribution in [1.82, 2.24) is 0 Å². The Morgan fingerprint density at radius 1 is 1.13 bits per heavy atom. The largest absolute Gasteiger partial charge is 2.00 e. The summed E-state index contributed by atoms with van der Waals surface area (Å²) in [6, 6.07) is 18.3. The Hall–Kier alpha value is -1.04. The van der Waals surface area contributed by atoms with Crippen LogP contribution in [0.25, 0.3) is 0 Å². The van der Waals surface area contributed by atoms with Crippen LogP contribution in [-0.4, -0.2) is 0 Å². The van der Waals surface area contributed by atoms with Gasteiger partial charge in [-0.05, 0) is 6.92 Å². The van der Waals surface area contributed by atoms with Gasteiger partial charge in [0.05, 0.1) is 0 Å². The average Bonchev–Trinajstić information content (AvgIpc) is 2.75. The first-order valence-electron chi connectivity index (χ1n) is 4.80. The summed E-state index contributed by atoms with van der Waals surface area (Å²) in [4.78, 5) is 0. The molecule has 0 N–H and O–H groups in total. The molecule has 0 spiro atoms. The molecule has 0 atom stereocenters. The van der Waals surface area contributed by atoms with Gasteiger partial charge in [-0.3, -0.25) is 0 Å². The minimum absolute atomic E-state index is 0. The first-order chi connectivity index (χ1) is 6.79. The normalized spacial score (nSPS) is 8.33. The molecule has 15 heavy (non-hydrogen) atoms. The van der Waals surface area contributed by atoms with E-state index in [0.717, 1.165) is 6.42 Å². The summed E-state index contributed by atoms with van der Waals surface area (Å²) >= 11 is 0. The van der Waals surface area contributed by atoms with Crippen LogP contribution in [0.5, 0.6) is 0 Å². The van der Waals surface area contributed by atoms with Crippen molar-refractivity contribution in [2.24, 2.45) is 0 Å². The van der Waals surface area contributed by atoms with Crippen LogP contribution in [-0.2, 0) is 23.5 Å². The molecule has 2 aromatic rings. The van der Waals surface area contributed by atoms with Crippen LogP contribution < -0.4 is 0 Å². The van der Waals surface area contributed by atoms with E-state index >= 15 is 0 Å². The zero-order chi connectivity index (χ0) is 10.2. The van der Waals surface area contributed by atoms with Gasteiger partial charge in [0.2, 0.25) is 0 Å². The van der Waals surface area contributed by atoms with E-state index in [-0.39, 0.29) is 17.1 Å². The summed E-state index contributed by atoms with van der Waals surface area (Å²) in [6.45, 7) is 5.88. The second-order valence-corrected chi connectivity index (χ2v) is 3.39. The van der Waals surface area contributed by atoms with E-state index in [1.807, 2.05) is 37.3 Å². The Labute approximate surface area is 103 Å². The van der Waals surface area contributed by atoms with Crippen LogP contribution in [0.2, 0.25) is 0 Å². The van der Waals surface area contributed by atoms with Crippen LogP contribution in [0.15, 0.2) is 66.7 Å². The molecule has 0 saturated heterocycles. The van der Waals surface area contributed by atoms with Crippen molar-refractivity contribution < 1.29 is 17.1 Å². The Kier molecular flexibility index (Phi) is 7.71. The van der Waals surface area contributed by atoms with Crippen LogP contribution in [0.1, 0.15) is 12.5 Å². The summed E-state index contributed by atoms with van der Waals surface area (Å²) in [5.41, 5.74) is 2.59. The fourth-order valence-corrected chi connectivity index (χ4v) is 1.20. The molecule has 0 saturated carbocycles. The molecule has 0 fully saturated rings. The molecule has 0 unspecified atom stereocenters. The zero-order valence-corrected chi connectivity index (χ0v) is 10.1. The Morgan fingerprint density at radius 2 is 1.67 bits per heavy atom. The Bertz CT molecular complexity index is 310.